The van der Waals surface area contributed by atoms with Gasteiger partial charge in [-0.2, -0.15) is 79.0 Å². The molecule has 0 amide bonds. The Bertz CT molecular complexity index is 1000. The Morgan fingerprint density at radius 1 is 0.698 bits per heavy atom. The van der Waals surface area contributed by atoms with Gasteiger partial charge in [0.15, 0.2) is 0 Å². The second-order valence-corrected chi connectivity index (χ2v) is 8.01. The van der Waals surface area contributed by atoms with Crippen molar-refractivity contribution in [2.75, 3.05) is 6.61 Å². The first-order valence-electron chi connectivity index (χ1n) is 9.94. The fraction of sp³-hybridized carbons (Fsp3) is 0.684. The summed E-state index contributed by atoms with van der Waals surface area (Å²) in [5, 5.41) is 16.9. The second-order valence-electron chi connectivity index (χ2n) is 8.01. The minimum atomic E-state index is -9.11. The fourth-order valence-corrected chi connectivity index (χ4v) is 2.27. The van der Waals surface area contributed by atoms with Crippen LogP contribution in [0.15, 0.2) is 24.8 Å². The van der Waals surface area contributed by atoms with E-state index in [1.807, 2.05) is 0 Å². The molecule has 0 bridgehead atoms. The third kappa shape index (κ3) is 7.41. The first-order chi connectivity index (χ1) is 18.5. The first-order valence-corrected chi connectivity index (χ1v) is 9.94. The highest BCUT2D eigenvalue weighted by molar-refractivity contribution is 5.84. The summed E-state index contributed by atoms with van der Waals surface area (Å²) in [7, 11) is 0. The number of carbonyl (C=O) groups excluding carboxylic acids is 1. The Morgan fingerprint density at radius 3 is 1.28 bits per heavy atom. The summed E-state index contributed by atoms with van der Waals surface area (Å²) in [6, 6.07) is 0. The molecule has 0 aliphatic carbocycles. The van der Waals surface area contributed by atoms with Crippen LogP contribution in [0.5, 0.6) is 0 Å². The highest BCUT2D eigenvalue weighted by Crippen LogP contribution is 2.66. The van der Waals surface area contributed by atoms with Crippen LogP contribution >= 0.6 is 0 Å². The van der Waals surface area contributed by atoms with Crippen molar-refractivity contribution in [1.82, 2.24) is 0 Å². The van der Waals surface area contributed by atoms with E-state index in [1.165, 1.54) is 6.92 Å². The molecule has 1 unspecified atom stereocenters. The van der Waals surface area contributed by atoms with Crippen LogP contribution in [-0.2, 0) is 14.3 Å². The van der Waals surface area contributed by atoms with Gasteiger partial charge in [0.25, 0.3) is 0 Å². The number of carboxylic acid groups (broad SMARTS) is 1. The van der Waals surface area contributed by atoms with Crippen LogP contribution in [0.4, 0.5) is 83.4 Å². The number of hydrogen-bond donors (Lipinski definition) is 2. The summed E-state index contributed by atoms with van der Waals surface area (Å²) in [4.78, 5) is 20.2. The highest BCUT2D eigenvalue weighted by atomic mass is 19.4. The van der Waals surface area contributed by atoms with Gasteiger partial charge in [-0.05, 0) is 6.92 Å². The van der Waals surface area contributed by atoms with E-state index in [1.54, 1.807) is 0 Å². The Morgan fingerprint density at radius 2 is 1.00 bits per heavy atom. The molecular formula is C19H15F19O5. The van der Waals surface area contributed by atoms with Gasteiger partial charge in [0.1, 0.15) is 6.61 Å². The van der Waals surface area contributed by atoms with Crippen LogP contribution in [0.3, 0.4) is 0 Å². The number of aliphatic hydroxyl groups excluding tert-OH is 1. The monoisotopic (exact) mass is 684 g/mol. The summed E-state index contributed by atoms with van der Waals surface area (Å²) in [5.41, 5.74) is -8.63. The minimum absolute atomic E-state index is 0.176. The lowest BCUT2D eigenvalue weighted by Gasteiger charge is -2.45. The topological polar surface area (TPSA) is 83.8 Å². The maximum atomic E-state index is 13.7. The van der Waals surface area contributed by atoms with E-state index in [0.717, 1.165) is 0 Å². The fourth-order valence-electron chi connectivity index (χ4n) is 2.27. The normalized spacial score (nSPS) is 15.2. The largest absolute Gasteiger partial charge is 0.478 e. The molecule has 24 heteroatoms. The number of ether oxygens (including phenoxy) is 1. The predicted molar refractivity (Wildman–Crippen MR) is 99.9 cm³/mol. The van der Waals surface area contributed by atoms with Crippen LogP contribution in [0.1, 0.15) is 13.3 Å². The molecule has 0 aliphatic heterocycles. The molecular weight excluding hydrogens is 669 g/mol. The van der Waals surface area contributed by atoms with Crippen LogP contribution in [0.2, 0.25) is 0 Å². The zero-order valence-electron chi connectivity index (χ0n) is 20.3. The van der Waals surface area contributed by atoms with Gasteiger partial charge in [-0.3, -0.25) is 0 Å². The molecule has 0 aromatic rings. The number of halogens is 19. The molecule has 2 N–H and O–H groups in total. The van der Waals surface area contributed by atoms with E-state index < -0.39 is 84.6 Å². The number of rotatable bonds is 12. The summed E-state index contributed by atoms with van der Waals surface area (Å²) in [6.45, 7) is 5.47. The van der Waals surface area contributed by atoms with Crippen molar-refractivity contribution < 1.29 is 108 Å². The maximum Gasteiger partial charge on any atom is 0.438 e. The number of alkyl halides is 19. The van der Waals surface area contributed by atoms with E-state index in [0.29, 0.717) is 0 Å². The molecule has 0 heterocycles. The molecule has 43 heavy (non-hydrogen) atoms. The third-order valence-electron chi connectivity index (χ3n) is 4.69. The van der Waals surface area contributed by atoms with Gasteiger partial charge in [0.05, 0.1) is 6.10 Å². The van der Waals surface area contributed by atoms with Gasteiger partial charge >= 0.3 is 65.5 Å². The zero-order chi connectivity index (χ0) is 35.6. The smallest absolute Gasteiger partial charge is 0.438 e. The number of carbonyl (C=O) groups is 2. The molecule has 1 atom stereocenters. The Balaban J connectivity index is 0. The molecule has 0 saturated heterocycles. The molecule has 0 rings (SSSR count). The van der Waals surface area contributed by atoms with E-state index in [2.05, 4.69) is 17.9 Å². The average Bonchev–Trinajstić information content (AvgIpc) is 2.79. The molecule has 0 aromatic carbocycles. The lowest BCUT2D eigenvalue weighted by Crippen LogP contribution is -2.77. The van der Waals surface area contributed by atoms with E-state index in [-0.39, 0.29) is 11.6 Å². The van der Waals surface area contributed by atoms with Crippen LogP contribution < -0.4 is 0 Å². The van der Waals surface area contributed by atoms with Gasteiger partial charge in [0.2, 0.25) is 0 Å². The molecule has 254 valence electrons. The number of esters is 1. The summed E-state index contributed by atoms with van der Waals surface area (Å²) < 4.78 is 254. The summed E-state index contributed by atoms with van der Waals surface area (Å²) >= 11 is 0. The molecule has 0 saturated carbocycles. The molecule has 0 spiro atoms. The average molecular weight is 684 g/mol. The molecule has 0 radical (unpaired) electrons. The Kier molecular flexibility index (Phi) is 12.3. The lowest BCUT2D eigenvalue weighted by molar-refractivity contribution is -0.472. The maximum absolute atomic E-state index is 13.7. The van der Waals surface area contributed by atoms with Crippen molar-refractivity contribution >= 4 is 11.9 Å². The van der Waals surface area contributed by atoms with Gasteiger partial charge in [-0.1, -0.05) is 13.2 Å². The summed E-state index contributed by atoms with van der Waals surface area (Å²) in [6.07, 6.45) is -22.9. The predicted octanol–water partition coefficient (Wildman–Crippen LogP) is 6.76. The molecule has 5 nitrogen and oxygen atoms in total. The Labute approximate surface area is 225 Å². The molecule has 0 aliphatic rings. The lowest BCUT2D eigenvalue weighted by atomic mass is 9.83. The third-order valence-corrected chi connectivity index (χ3v) is 4.69. The first kappa shape index (κ1) is 42.2. The highest BCUT2D eigenvalue weighted by Gasteiger charge is 2.98. The van der Waals surface area contributed by atoms with E-state index >= 15 is 0 Å². The molecule has 0 aromatic heterocycles. The Hall–Kier alpha value is -2.95. The standard InChI is InChI=1S/C15H9F19O3.C4H6O2/c1-2-6(36)37-4-5(35)3-7(16,17)9(19,20)11(23,24)13(27,28)12(25,26)10(21,22)8(18,14(29,30)31)15(32,33)34;1-3(2)4(5)6/h2,5,35H,1,3-4H2;1H2,2H3,(H,5,6). The summed E-state index contributed by atoms with van der Waals surface area (Å²) in [5.74, 6) is -53.4. The van der Waals surface area contributed by atoms with Crippen molar-refractivity contribution in [3.05, 3.63) is 24.8 Å². The van der Waals surface area contributed by atoms with E-state index in [4.69, 9.17) is 10.2 Å². The quantitative estimate of drug-likeness (QED) is 0.135. The van der Waals surface area contributed by atoms with Crippen molar-refractivity contribution in [2.24, 2.45) is 0 Å². The number of aliphatic hydroxyl groups is 1. The zero-order valence-corrected chi connectivity index (χ0v) is 20.3. The number of carboxylic acids is 1. The minimum Gasteiger partial charge on any atom is -0.478 e. The van der Waals surface area contributed by atoms with Crippen LogP contribution in [0, 0.1) is 0 Å². The molecule has 0 fully saturated rings. The van der Waals surface area contributed by atoms with Gasteiger partial charge < -0.3 is 14.9 Å². The number of aliphatic carboxylic acids is 1. The van der Waals surface area contributed by atoms with Crippen LogP contribution in [-0.4, -0.2) is 88.4 Å². The van der Waals surface area contributed by atoms with Crippen molar-refractivity contribution in [1.29, 1.82) is 0 Å². The van der Waals surface area contributed by atoms with Gasteiger partial charge in [0, 0.05) is 18.1 Å². The van der Waals surface area contributed by atoms with Crippen molar-refractivity contribution in [3.63, 3.8) is 0 Å². The second kappa shape index (κ2) is 12.6. The van der Waals surface area contributed by atoms with Gasteiger partial charge in [-0.25, -0.2) is 14.0 Å². The van der Waals surface area contributed by atoms with Crippen molar-refractivity contribution in [2.45, 2.75) is 73.0 Å². The van der Waals surface area contributed by atoms with Crippen molar-refractivity contribution in [3.8, 4) is 0 Å². The van der Waals surface area contributed by atoms with Gasteiger partial charge in [-0.15, -0.1) is 0 Å². The van der Waals surface area contributed by atoms with E-state index in [9.17, 15) is 93.0 Å². The SMILES string of the molecule is C=C(C)C(=O)O.C=CC(=O)OCC(O)CC(F)(F)C(F)(F)C(F)(F)C(F)(F)C(F)(F)C(F)(F)C(F)(C(F)(F)F)C(F)(F)F. The number of hydrogen-bond acceptors (Lipinski definition) is 4. The van der Waals surface area contributed by atoms with Crippen LogP contribution in [0.25, 0.3) is 0 Å².